The summed E-state index contributed by atoms with van der Waals surface area (Å²) in [7, 11) is 0. The minimum Gasteiger partial charge on any atom is -0.330 e. The Morgan fingerprint density at radius 3 is 2.78 bits per heavy atom. The Hall–Kier alpha value is -2.08. The third-order valence-corrected chi connectivity index (χ3v) is 3.08. The van der Waals surface area contributed by atoms with Gasteiger partial charge >= 0.3 is 0 Å². The van der Waals surface area contributed by atoms with Crippen LogP contribution in [0.1, 0.15) is 42.3 Å². The van der Waals surface area contributed by atoms with Crippen molar-refractivity contribution < 1.29 is 0 Å². The molecule has 2 aromatic rings. The van der Waals surface area contributed by atoms with Crippen LogP contribution in [0.5, 0.6) is 0 Å². The highest BCUT2D eigenvalue weighted by atomic mass is 15.1. The zero-order valence-corrected chi connectivity index (χ0v) is 11.0. The van der Waals surface area contributed by atoms with Crippen molar-refractivity contribution in [3.63, 3.8) is 0 Å². The second-order valence-corrected chi connectivity index (χ2v) is 4.82. The van der Waals surface area contributed by atoms with E-state index in [0.717, 1.165) is 17.9 Å². The molecule has 0 unspecified atom stereocenters. The van der Waals surface area contributed by atoms with Crippen LogP contribution < -0.4 is 0 Å². The first kappa shape index (κ1) is 12.4. The van der Waals surface area contributed by atoms with Gasteiger partial charge in [-0.2, -0.15) is 5.26 Å². The number of nitrogens with zero attached hydrogens (tertiary/aromatic N) is 3. The van der Waals surface area contributed by atoms with Gasteiger partial charge in [-0.15, -0.1) is 0 Å². The molecule has 2 rings (SSSR count). The summed E-state index contributed by atoms with van der Waals surface area (Å²) in [5.74, 6) is 1.51. The number of benzene rings is 1. The van der Waals surface area contributed by atoms with Gasteiger partial charge in [0, 0.05) is 24.9 Å². The van der Waals surface area contributed by atoms with Crippen LogP contribution in [0, 0.1) is 18.3 Å². The molecule has 3 nitrogen and oxygen atoms in total. The fraction of sp³-hybridized carbons (Fsp3) is 0.333. The van der Waals surface area contributed by atoms with Crippen molar-refractivity contribution >= 4 is 0 Å². The van der Waals surface area contributed by atoms with Crippen LogP contribution in [0.3, 0.4) is 0 Å². The molecule has 0 radical (unpaired) electrons. The molecule has 0 aliphatic rings. The number of rotatable bonds is 3. The molecule has 1 aromatic carbocycles. The predicted molar refractivity (Wildman–Crippen MR) is 71.3 cm³/mol. The standard InChI is InChI=1S/C15H17N3/c1-11(2)15-17-6-7-18(15)10-14-5-4-13(9-16)8-12(14)3/h4-8,11H,10H2,1-3H3. The van der Waals surface area contributed by atoms with Gasteiger partial charge < -0.3 is 4.57 Å². The van der Waals surface area contributed by atoms with Gasteiger partial charge in [0.1, 0.15) is 5.82 Å². The number of aromatic nitrogens is 2. The number of imidazole rings is 1. The first-order chi connectivity index (χ1) is 8.61. The van der Waals surface area contributed by atoms with Crippen LogP contribution in [0.4, 0.5) is 0 Å². The van der Waals surface area contributed by atoms with Crippen LogP contribution in [0.25, 0.3) is 0 Å². The van der Waals surface area contributed by atoms with Gasteiger partial charge in [-0.05, 0) is 30.2 Å². The second-order valence-electron chi connectivity index (χ2n) is 4.82. The van der Waals surface area contributed by atoms with E-state index in [2.05, 4.69) is 29.5 Å². The smallest absolute Gasteiger partial charge is 0.111 e. The van der Waals surface area contributed by atoms with Crippen molar-refractivity contribution in [1.29, 1.82) is 5.26 Å². The SMILES string of the molecule is Cc1cc(C#N)ccc1Cn1ccnc1C(C)C. The van der Waals surface area contributed by atoms with Crippen molar-refractivity contribution in [3.05, 3.63) is 53.1 Å². The van der Waals surface area contributed by atoms with E-state index in [1.807, 2.05) is 37.5 Å². The van der Waals surface area contributed by atoms with Crippen LogP contribution >= 0.6 is 0 Å². The fourth-order valence-electron chi connectivity index (χ4n) is 2.08. The third kappa shape index (κ3) is 2.43. The highest BCUT2D eigenvalue weighted by molar-refractivity contribution is 5.37. The van der Waals surface area contributed by atoms with E-state index in [1.165, 1.54) is 5.56 Å². The summed E-state index contributed by atoms with van der Waals surface area (Å²) in [6, 6.07) is 7.99. The maximum absolute atomic E-state index is 8.86. The molecule has 0 aliphatic heterocycles. The van der Waals surface area contributed by atoms with Crippen LogP contribution in [0.15, 0.2) is 30.6 Å². The number of hydrogen-bond donors (Lipinski definition) is 0. The van der Waals surface area contributed by atoms with E-state index in [0.29, 0.717) is 11.5 Å². The maximum Gasteiger partial charge on any atom is 0.111 e. The zero-order valence-electron chi connectivity index (χ0n) is 11.0. The average molecular weight is 239 g/mol. The average Bonchev–Trinajstić information content (AvgIpc) is 2.80. The van der Waals surface area contributed by atoms with E-state index < -0.39 is 0 Å². The normalized spacial score (nSPS) is 10.6. The Bertz CT molecular complexity index is 588. The molecule has 0 fully saturated rings. The Labute approximate surface area is 108 Å². The molecule has 0 aliphatic carbocycles. The summed E-state index contributed by atoms with van der Waals surface area (Å²) in [5.41, 5.74) is 3.09. The molecular weight excluding hydrogens is 222 g/mol. The number of aryl methyl sites for hydroxylation is 1. The second kappa shape index (κ2) is 5.05. The first-order valence-corrected chi connectivity index (χ1v) is 6.12. The highest BCUT2D eigenvalue weighted by Crippen LogP contribution is 2.16. The highest BCUT2D eigenvalue weighted by Gasteiger charge is 2.08. The van der Waals surface area contributed by atoms with Gasteiger partial charge in [-0.3, -0.25) is 0 Å². The lowest BCUT2D eigenvalue weighted by Crippen LogP contribution is -2.07. The molecule has 18 heavy (non-hydrogen) atoms. The van der Waals surface area contributed by atoms with E-state index >= 15 is 0 Å². The van der Waals surface area contributed by atoms with Crippen molar-refractivity contribution in [2.45, 2.75) is 33.2 Å². The molecule has 1 heterocycles. The molecule has 0 saturated carbocycles. The van der Waals surface area contributed by atoms with Crippen LogP contribution in [-0.4, -0.2) is 9.55 Å². The lowest BCUT2D eigenvalue weighted by molar-refractivity contribution is 0.668. The Kier molecular flexibility index (Phi) is 3.47. The van der Waals surface area contributed by atoms with Crippen molar-refractivity contribution in [2.75, 3.05) is 0 Å². The molecule has 0 atom stereocenters. The largest absolute Gasteiger partial charge is 0.330 e. The van der Waals surface area contributed by atoms with Gasteiger partial charge in [0.25, 0.3) is 0 Å². The maximum atomic E-state index is 8.86. The summed E-state index contributed by atoms with van der Waals surface area (Å²) in [6.45, 7) is 7.14. The van der Waals surface area contributed by atoms with E-state index in [4.69, 9.17) is 5.26 Å². The zero-order chi connectivity index (χ0) is 13.1. The van der Waals surface area contributed by atoms with Gasteiger partial charge in [-0.1, -0.05) is 19.9 Å². The summed E-state index contributed by atoms with van der Waals surface area (Å²) in [6.07, 6.45) is 3.85. The van der Waals surface area contributed by atoms with Crippen LogP contribution in [-0.2, 0) is 6.54 Å². The van der Waals surface area contributed by atoms with Crippen molar-refractivity contribution in [1.82, 2.24) is 9.55 Å². The minimum atomic E-state index is 0.415. The fourth-order valence-corrected chi connectivity index (χ4v) is 2.08. The topological polar surface area (TPSA) is 41.6 Å². The van der Waals surface area contributed by atoms with Gasteiger partial charge in [0.15, 0.2) is 0 Å². The summed E-state index contributed by atoms with van der Waals surface area (Å²) in [4.78, 5) is 4.39. The lowest BCUT2D eigenvalue weighted by atomic mass is 10.1. The van der Waals surface area contributed by atoms with E-state index in [-0.39, 0.29) is 0 Å². The lowest BCUT2D eigenvalue weighted by Gasteiger charge is -2.12. The van der Waals surface area contributed by atoms with Crippen molar-refractivity contribution in [2.24, 2.45) is 0 Å². The molecule has 0 N–H and O–H groups in total. The summed E-state index contributed by atoms with van der Waals surface area (Å²) in [5, 5.41) is 8.86. The molecule has 0 amide bonds. The predicted octanol–water partition coefficient (Wildman–Crippen LogP) is 3.23. The molecule has 0 bridgehead atoms. The third-order valence-electron chi connectivity index (χ3n) is 3.08. The molecule has 92 valence electrons. The first-order valence-electron chi connectivity index (χ1n) is 6.12. The quantitative estimate of drug-likeness (QED) is 0.825. The van der Waals surface area contributed by atoms with Gasteiger partial charge in [-0.25, -0.2) is 4.98 Å². The van der Waals surface area contributed by atoms with Gasteiger partial charge in [0.2, 0.25) is 0 Å². The summed E-state index contributed by atoms with van der Waals surface area (Å²) >= 11 is 0. The van der Waals surface area contributed by atoms with Crippen molar-refractivity contribution in [3.8, 4) is 6.07 Å². The van der Waals surface area contributed by atoms with E-state index in [9.17, 15) is 0 Å². The summed E-state index contributed by atoms with van der Waals surface area (Å²) < 4.78 is 2.17. The monoisotopic (exact) mass is 239 g/mol. The molecular formula is C15H17N3. The number of nitriles is 1. The molecule has 1 aromatic heterocycles. The number of hydrogen-bond acceptors (Lipinski definition) is 2. The van der Waals surface area contributed by atoms with Crippen LogP contribution in [0.2, 0.25) is 0 Å². The van der Waals surface area contributed by atoms with Gasteiger partial charge in [0.05, 0.1) is 11.6 Å². The Morgan fingerprint density at radius 1 is 1.39 bits per heavy atom. The minimum absolute atomic E-state index is 0.415. The molecule has 3 heteroatoms. The molecule has 0 saturated heterocycles. The molecule has 0 spiro atoms. The Morgan fingerprint density at radius 2 is 2.17 bits per heavy atom. The Balaban J connectivity index is 2.29. The van der Waals surface area contributed by atoms with E-state index in [1.54, 1.807) is 0 Å².